The van der Waals surface area contributed by atoms with Crippen molar-refractivity contribution in [3.8, 4) is 0 Å². The summed E-state index contributed by atoms with van der Waals surface area (Å²) in [7, 11) is 0. The van der Waals surface area contributed by atoms with E-state index in [9.17, 15) is 9.59 Å². The Morgan fingerprint density at radius 1 is 1.50 bits per heavy atom. The van der Waals surface area contributed by atoms with Gasteiger partial charge in [-0.2, -0.15) is 0 Å². The number of rotatable bonds is 5. The van der Waals surface area contributed by atoms with Gasteiger partial charge < -0.3 is 10.2 Å². The molecule has 5 heteroatoms. The highest BCUT2D eigenvalue weighted by atomic mass is 16.2. The lowest BCUT2D eigenvalue weighted by Gasteiger charge is -2.23. The second kappa shape index (κ2) is 6.50. The summed E-state index contributed by atoms with van der Waals surface area (Å²) >= 11 is 0. The summed E-state index contributed by atoms with van der Waals surface area (Å²) in [4.78, 5) is 29.8. The lowest BCUT2D eigenvalue weighted by atomic mass is 10.1. The van der Waals surface area contributed by atoms with Gasteiger partial charge in [-0.1, -0.05) is 6.92 Å². The zero-order chi connectivity index (χ0) is 14.5. The minimum Gasteiger partial charge on any atom is -0.352 e. The van der Waals surface area contributed by atoms with Crippen LogP contribution in [-0.4, -0.2) is 34.3 Å². The van der Waals surface area contributed by atoms with Gasteiger partial charge in [0.25, 0.3) is 0 Å². The third-order valence-electron chi connectivity index (χ3n) is 3.87. The average Bonchev–Trinajstić information content (AvgIpc) is 2.87. The van der Waals surface area contributed by atoms with Crippen LogP contribution < -0.4 is 5.32 Å². The van der Waals surface area contributed by atoms with Gasteiger partial charge in [-0.25, -0.2) is 0 Å². The van der Waals surface area contributed by atoms with Crippen molar-refractivity contribution in [1.82, 2.24) is 15.2 Å². The quantitative estimate of drug-likeness (QED) is 0.882. The second-order valence-corrected chi connectivity index (χ2v) is 5.28. The molecule has 0 aliphatic carbocycles. The first kappa shape index (κ1) is 14.5. The van der Waals surface area contributed by atoms with Gasteiger partial charge in [0.05, 0.1) is 5.92 Å². The first-order valence-corrected chi connectivity index (χ1v) is 7.08. The molecule has 1 aliphatic rings. The minimum absolute atomic E-state index is 0.0408. The summed E-state index contributed by atoms with van der Waals surface area (Å²) in [6, 6.07) is 3.94. The number of carbonyl (C=O) groups is 2. The standard InChI is InChI=1S/C15H21N3O2/c1-3-11(2)18-10-13(8-14(18)19)15(20)17-9-12-4-6-16-7-5-12/h4-7,11,13H,3,8-10H2,1-2H3,(H,17,20). The van der Waals surface area contributed by atoms with Gasteiger partial charge in [-0.3, -0.25) is 14.6 Å². The van der Waals surface area contributed by atoms with Crippen LogP contribution in [0.2, 0.25) is 0 Å². The molecule has 2 rings (SSSR count). The number of pyridine rings is 1. The Labute approximate surface area is 119 Å². The summed E-state index contributed by atoms with van der Waals surface area (Å²) < 4.78 is 0. The molecule has 1 aromatic heterocycles. The lowest BCUT2D eigenvalue weighted by molar-refractivity contribution is -0.130. The predicted molar refractivity (Wildman–Crippen MR) is 75.7 cm³/mol. The third-order valence-corrected chi connectivity index (χ3v) is 3.87. The summed E-state index contributed by atoms with van der Waals surface area (Å²) in [5, 5.41) is 2.89. The number of aromatic nitrogens is 1. The maximum Gasteiger partial charge on any atom is 0.225 e. The highest BCUT2D eigenvalue weighted by Gasteiger charge is 2.35. The van der Waals surface area contributed by atoms with Gasteiger partial charge >= 0.3 is 0 Å². The summed E-state index contributed by atoms with van der Waals surface area (Å²) in [5.41, 5.74) is 1.01. The van der Waals surface area contributed by atoms with Gasteiger partial charge in [0.15, 0.2) is 0 Å². The summed E-state index contributed by atoms with van der Waals surface area (Å²) in [5.74, 6) is -0.178. The van der Waals surface area contributed by atoms with Crippen LogP contribution in [0.15, 0.2) is 24.5 Å². The molecule has 20 heavy (non-hydrogen) atoms. The molecule has 0 bridgehead atoms. The minimum atomic E-state index is -0.224. The fourth-order valence-corrected chi connectivity index (χ4v) is 2.39. The van der Waals surface area contributed by atoms with Crippen molar-refractivity contribution in [3.63, 3.8) is 0 Å². The SMILES string of the molecule is CCC(C)N1CC(C(=O)NCc2ccncc2)CC1=O. The molecular weight excluding hydrogens is 254 g/mol. The molecule has 1 N–H and O–H groups in total. The van der Waals surface area contributed by atoms with Crippen molar-refractivity contribution in [1.29, 1.82) is 0 Å². The Kier molecular flexibility index (Phi) is 4.71. The number of likely N-dealkylation sites (tertiary alicyclic amines) is 1. The van der Waals surface area contributed by atoms with Crippen molar-refractivity contribution < 1.29 is 9.59 Å². The topological polar surface area (TPSA) is 62.3 Å². The molecule has 2 unspecified atom stereocenters. The molecular formula is C15H21N3O2. The molecule has 2 heterocycles. The number of nitrogens with one attached hydrogen (secondary N) is 1. The lowest BCUT2D eigenvalue weighted by Crippen LogP contribution is -2.36. The number of hydrogen-bond donors (Lipinski definition) is 1. The zero-order valence-corrected chi connectivity index (χ0v) is 12.0. The molecule has 1 aliphatic heterocycles. The molecule has 1 saturated heterocycles. The Morgan fingerprint density at radius 3 is 2.85 bits per heavy atom. The van der Waals surface area contributed by atoms with E-state index in [-0.39, 0.29) is 23.8 Å². The highest BCUT2D eigenvalue weighted by molar-refractivity contribution is 5.89. The van der Waals surface area contributed by atoms with Crippen LogP contribution in [0, 0.1) is 5.92 Å². The predicted octanol–water partition coefficient (Wildman–Crippen LogP) is 1.34. The van der Waals surface area contributed by atoms with Gasteiger partial charge in [0, 0.05) is 37.9 Å². The van der Waals surface area contributed by atoms with Gasteiger partial charge in [0.1, 0.15) is 0 Å². The van der Waals surface area contributed by atoms with Crippen LogP contribution in [0.4, 0.5) is 0 Å². The van der Waals surface area contributed by atoms with Crippen molar-refractivity contribution in [2.75, 3.05) is 6.54 Å². The summed E-state index contributed by atoms with van der Waals surface area (Å²) in [6.45, 7) is 5.09. The highest BCUT2D eigenvalue weighted by Crippen LogP contribution is 2.21. The fourth-order valence-electron chi connectivity index (χ4n) is 2.39. The van der Waals surface area contributed by atoms with Crippen LogP contribution in [-0.2, 0) is 16.1 Å². The molecule has 2 atom stereocenters. The molecule has 0 aromatic carbocycles. The van der Waals surface area contributed by atoms with E-state index < -0.39 is 0 Å². The summed E-state index contributed by atoms with van der Waals surface area (Å²) in [6.07, 6.45) is 4.64. The van der Waals surface area contributed by atoms with Crippen LogP contribution in [0.5, 0.6) is 0 Å². The van der Waals surface area contributed by atoms with Crippen molar-refractivity contribution in [2.45, 2.75) is 39.3 Å². The van der Waals surface area contributed by atoms with Gasteiger partial charge in [0.2, 0.25) is 11.8 Å². The number of nitrogens with zero attached hydrogens (tertiary/aromatic N) is 2. The smallest absolute Gasteiger partial charge is 0.225 e. The van der Waals surface area contributed by atoms with E-state index in [2.05, 4.69) is 17.2 Å². The van der Waals surface area contributed by atoms with E-state index >= 15 is 0 Å². The number of amides is 2. The Balaban J connectivity index is 1.86. The Morgan fingerprint density at radius 2 is 2.20 bits per heavy atom. The first-order chi connectivity index (χ1) is 9.61. The second-order valence-electron chi connectivity index (χ2n) is 5.28. The van der Waals surface area contributed by atoms with Crippen LogP contribution in [0.1, 0.15) is 32.3 Å². The monoisotopic (exact) mass is 275 g/mol. The molecule has 5 nitrogen and oxygen atoms in total. The molecule has 1 fully saturated rings. The van der Waals surface area contributed by atoms with E-state index in [1.165, 1.54) is 0 Å². The third kappa shape index (κ3) is 3.35. The van der Waals surface area contributed by atoms with Crippen molar-refractivity contribution in [3.05, 3.63) is 30.1 Å². The van der Waals surface area contributed by atoms with Crippen LogP contribution in [0.3, 0.4) is 0 Å². The van der Waals surface area contributed by atoms with E-state index in [0.717, 1.165) is 12.0 Å². The largest absolute Gasteiger partial charge is 0.352 e. The van der Waals surface area contributed by atoms with E-state index in [1.807, 2.05) is 24.0 Å². The van der Waals surface area contributed by atoms with Crippen LogP contribution >= 0.6 is 0 Å². The number of carbonyl (C=O) groups excluding carboxylic acids is 2. The molecule has 2 amide bonds. The molecule has 0 radical (unpaired) electrons. The Hall–Kier alpha value is -1.91. The van der Waals surface area contributed by atoms with E-state index in [4.69, 9.17) is 0 Å². The van der Waals surface area contributed by atoms with E-state index in [0.29, 0.717) is 19.5 Å². The first-order valence-electron chi connectivity index (χ1n) is 7.08. The van der Waals surface area contributed by atoms with Crippen molar-refractivity contribution in [2.24, 2.45) is 5.92 Å². The van der Waals surface area contributed by atoms with E-state index in [1.54, 1.807) is 12.4 Å². The molecule has 0 spiro atoms. The van der Waals surface area contributed by atoms with Crippen molar-refractivity contribution >= 4 is 11.8 Å². The molecule has 0 saturated carbocycles. The Bertz CT molecular complexity index is 475. The molecule has 108 valence electrons. The maximum atomic E-state index is 12.1. The molecule has 1 aromatic rings. The zero-order valence-electron chi connectivity index (χ0n) is 12.0. The average molecular weight is 275 g/mol. The maximum absolute atomic E-state index is 12.1. The van der Waals surface area contributed by atoms with Crippen LogP contribution in [0.25, 0.3) is 0 Å². The fraction of sp³-hybridized carbons (Fsp3) is 0.533. The van der Waals surface area contributed by atoms with Gasteiger partial charge in [-0.15, -0.1) is 0 Å². The van der Waals surface area contributed by atoms with Gasteiger partial charge in [-0.05, 0) is 31.0 Å². The normalized spacial score (nSPS) is 20.0. The number of hydrogen-bond acceptors (Lipinski definition) is 3.